The third-order valence-electron chi connectivity index (χ3n) is 5.03. The molecule has 4 aromatic rings. The molecule has 0 bridgehead atoms. The van der Waals surface area contributed by atoms with Crippen molar-refractivity contribution in [3.8, 4) is 22.8 Å². The molecule has 0 spiro atoms. The maximum Gasteiger partial charge on any atom is 0.220 e. The van der Waals surface area contributed by atoms with Gasteiger partial charge in [-0.2, -0.15) is 0 Å². The quantitative estimate of drug-likeness (QED) is 0.571. The number of fused-ring (bicyclic) bond motifs is 2. The summed E-state index contributed by atoms with van der Waals surface area (Å²) in [6, 6.07) is 13.8. The number of nitrogens with zero attached hydrogens (tertiary/aromatic N) is 3. The average Bonchev–Trinajstić information content (AvgIpc) is 3.16. The molecule has 3 N–H and O–H groups in total. The van der Waals surface area contributed by atoms with Gasteiger partial charge in [-0.15, -0.1) is 0 Å². The summed E-state index contributed by atoms with van der Waals surface area (Å²) in [6.45, 7) is 0.592. The number of ether oxygens (including phenoxy) is 2. The van der Waals surface area contributed by atoms with Gasteiger partial charge in [0, 0.05) is 11.8 Å². The third-order valence-corrected chi connectivity index (χ3v) is 5.03. The molecule has 0 fully saturated rings. The monoisotopic (exact) mass is 373 g/mol. The number of nitrogens with two attached hydrogens (primary N) is 1. The number of nitrogens with one attached hydrogen (secondary N) is 1. The first kappa shape index (κ1) is 16.6. The number of imidazole rings is 1. The van der Waals surface area contributed by atoms with Crippen molar-refractivity contribution in [3.05, 3.63) is 60.0 Å². The highest BCUT2D eigenvalue weighted by molar-refractivity contribution is 5.81. The van der Waals surface area contributed by atoms with Crippen LogP contribution in [0.5, 0.6) is 11.5 Å². The second-order valence-corrected chi connectivity index (χ2v) is 6.84. The summed E-state index contributed by atoms with van der Waals surface area (Å²) >= 11 is 0. The molecular weight excluding hydrogens is 354 g/mol. The standard InChI is InChI=1S/C21H19N5O2/c1-27-15-3-5-19-13(9-15)8-14(11-28-19)20-24-17-4-2-12(10-18(17)25-20)16-6-7-23-21(22)26-16/h2-7,9-10,14H,8,11H2,1H3,(H,24,25)(H2,22,23,26). The van der Waals surface area contributed by atoms with Crippen molar-refractivity contribution in [1.82, 2.24) is 19.9 Å². The van der Waals surface area contributed by atoms with E-state index in [2.05, 4.69) is 15.0 Å². The zero-order valence-electron chi connectivity index (χ0n) is 15.3. The van der Waals surface area contributed by atoms with Gasteiger partial charge in [-0.1, -0.05) is 6.07 Å². The first-order valence-electron chi connectivity index (χ1n) is 9.08. The summed E-state index contributed by atoms with van der Waals surface area (Å²) in [5.74, 6) is 3.09. The predicted octanol–water partition coefficient (Wildman–Crippen LogP) is 3.33. The average molecular weight is 373 g/mol. The Labute approximate surface area is 161 Å². The van der Waals surface area contributed by atoms with Crippen molar-refractivity contribution in [2.75, 3.05) is 19.5 Å². The molecule has 0 saturated heterocycles. The minimum atomic E-state index is 0.158. The van der Waals surface area contributed by atoms with E-state index in [0.717, 1.165) is 51.6 Å². The van der Waals surface area contributed by atoms with Gasteiger partial charge in [0.15, 0.2) is 0 Å². The minimum absolute atomic E-state index is 0.158. The molecule has 1 aliphatic heterocycles. The Morgan fingerprint density at radius 2 is 2.07 bits per heavy atom. The highest BCUT2D eigenvalue weighted by Gasteiger charge is 2.24. The Morgan fingerprint density at radius 3 is 2.93 bits per heavy atom. The number of hydrogen-bond acceptors (Lipinski definition) is 6. The van der Waals surface area contributed by atoms with Crippen LogP contribution < -0.4 is 15.2 Å². The van der Waals surface area contributed by atoms with Crippen LogP contribution in [0.3, 0.4) is 0 Å². The molecule has 2 aromatic heterocycles. The number of nitrogen functional groups attached to an aromatic ring is 1. The van der Waals surface area contributed by atoms with Crippen molar-refractivity contribution in [2.24, 2.45) is 0 Å². The van der Waals surface area contributed by atoms with Crippen LogP contribution in [0, 0.1) is 0 Å². The summed E-state index contributed by atoms with van der Waals surface area (Å²) in [7, 11) is 1.67. The normalized spacial score (nSPS) is 15.8. The van der Waals surface area contributed by atoms with E-state index in [9.17, 15) is 0 Å². The van der Waals surface area contributed by atoms with Crippen LogP contribution in [0.15, 0.2) is 48.7 Å². The van der Waals surface area contributed by atoms with Gasteiger partial charge >= 0.3 is 0 Å². The summed E-state index contributed by atoms with van der Waals surface area (Å²) in [5.41, 5.74) is 10.5. The molecule has 1 aliphatic rings. The van der Waals surface area contributed by atoms with Gasteiger partial charge in [0.05, 0.1) is 36.4 Å². The number of rotatable bonds is 3. The van der Waals surface area contributed by atoms with Crippen molar-refractivity contribution >= 4 is 17.0 Å². The van der Waals surface area contributed by atoms with E-state index in [4.69, 9.17) is 20.2 Å². The zero-order chi connectivity index (χ0) is 19.1. The fraction of sp³-hybridized carbons (Fsp3) is 0.190. The summed E-state index contributed by atoms with van der Waals surface area (Å²) in [4.78, 5) is 16.5. The van der Waals surface area contributed by atoms with Gasteiger partial charge < -0.3 is 20.2 Å². The summed E-state index contributed by atoms with van der Waals surface area (Å²) < 4.78 is 11.3. The number of benzene rings is 2. The summed E-state index contributed by atoms with van der Waals surface area (Å²) in [5, 5.41) is 0. The zero-order valence-corrected chi connectivity index (χ0v) is 15.3. The van der Waals surface area contributed by atoms with Crippen molar-refractivity contribution in [3.63, 3.8) is 0 Å². The Kier molecular flexibility index (Phi) is 3.86. The Bertz CT molecular complexity index is 1170. The molecule has 7 nitrogen and oxygen atoms in total. The lowest BCUT2D eigenvalue weighted by Gasteiger charge is -2.24. The predicted molar refractivity (Wildman–Crippen MR) is 106 cm³/mol. The largest absolute Gasteiger partial charge is 0.497 e. The molecule has 0 aliphatic carbocycles. The van der Waals surface area contributed by atoms with Crippen LogP contribution in [0.2, 0.25) is 0 Å². The van der Waals surface area contributed by atoms with Crippen LogP contribution in [-0.2, 0) is 6.42 Å². The van der Waals surface area contributed by atoms with Crippen LogP contribution >= 0.6 is 0 Å². The van der Waals surface area contributed by atoms with E-state index >= 15 is 0 Å². The molecule has 0 amide bonds. The van der Waals surface area contributed by atoms with Gasteiger partial charge in [0.25, 0.3) is 0 Å². The van der Waals surface area contributed by atoms with Gasteiger partial charge in [0.1, 0.15) is 17.3 Å². The Balaban J connectivity index is 1.47. The molecule has 2 aromatic carbocycles. The lowest BCUT2D eigenvalue weighted by atomic mass is 9.96. The first-order valence-corrected chi connectivity index (χ1v) is 9.08. The number of hydrogen-bond donors (Lipinski definition) is 2. The molecule has 28 heavy (non-hydrogen) atoms. The number of anilines is 1. The van der Waals surface area contributed by atoms with Gasteiger partial charge in [-0.05, 0) is 48.4 Å². The second kappa shape index (κ2) is 6.53. The number of aromatic amines is 1. The number of methoxy groups -OCH3 is 1. The first-order chi connectivity index (χ1) is 13.7. The Morgan fingerprint density at radius 1 is 1.14 bits per heavy atom. The number of aromatic nitrogens is 4. The maximum atomic E-state index is 5.95. The van der Waals surface area contributed by atoms with E-state index in [-0.39, 0.29) is 11.9 Å². The van der Waals surface area contributed by atoms with Gasteiger partial charge in [-0.3, -0.25) is 0 Å². The minimum Gasteiger partial charge on any atom is -0.497 e. The fourth-order valence-corrected chi connectivity index (χ4v) is 3.59. The highest BCUT2D eigenvalue weighted by atomic mass is 16.5. The third kappa shape index (κ3) is 2.90. The molecule has 140 valence electrons. The lowest BCUT2D eigenvalue weighted by molar-refractivity contribution is 0.257. The molecule has 1 atom stereocenters. The smallest absolute Gasteiger partial charge is 0.220 e. The molecular formula is C21H19N5O2. The number of H-pyrrole nitrogens is 1. The highest BCUT2D eigenvalue weighted by Crippen LogP contribution is 2.34. The van der Waals surface area contributed by atoms with E-state index in [1.807, 2.05) is 42.5 Å². The van der Waals surface area contributed by atoms with Crippen molar-refractivity contribution < 1.29 is 9.47 Å². The van der Waals surface area contributed by atoms with Crippen LogP contribution in [-0.4, -0.2) is 33.7 Å². The molecule has 0 radical (unpaired) electrons. The van der Waals surface area contributed by atoms with Crippen LogP contribution in [0.25, 0.3) is 22.3 Å². The van der Waals surface area contributed by atoms with Gasteiger partial charge in [0.2, 0.25) is 5.95 Å². The molecule has 0 saturated carbocycles. The van der Waals surface area contributed by atoms with Crippen LogP contribution in [0.4, 0.5) is 5.95 Å². The topological polar surface area (TPSA) is 98.9 Å². The van der Waals surface area contributed by atoms with Crippen molar-refractivity contribution in [2.45, 2.75) is 12.3 Å². The van der Waals surface area contributed by atoms with Crippen molar-refractivity contribution in [1.29, 1.82) is 0 Å². The molecule has 3 heterocycles. The van der Waals surface area contributed by atoms with Gasteiger partial charge in [-0.25, -0.2) is 15.0 Å². The molecule has 5 rings (SSSR count). The van der Waals surface area contributed by atoms with E-state index in [1.165, 1.54) is 0 Å². The van der Waals surface area contributed by atoms with E-state index in [1.54, 1.807) is 13.3 Å². The lowest BCUT2D eigenvalue weighted by Crippen LogP contribution is -2.20. The van der Waals surface area contributed by atoms with E-state index in [0.29, 0.717) is 6.61 Å². The van der Waals surface area contributed by atoms with Crippen LogP contribution in [0.1, 0.15) is 17.3 Å². The fourth-order valence-electron chi connectivity index (χ4n) is 3.59. The second-order valence-electron chi connectivity index (χ2n) is 6.84. The molecule has 1 unspecified atom stereocenters. The SMILES string of the molecule is COc1ccc2c(c1)CC(c1nc3ccc(-c4ccnc(N)n4)cc3[nH]1)CO2. The Hall–Kier alpha value is -3.61. The van der Waals surface area contributed by atoms with E-state index < -0.39 is 0 Å². The molecule has 7 heteroatoms. The summed E-state index contributed by atoms with van der Waals surface area (Å²) in [6.07, 6.45) is 2.51. The maximum absolute atomic E-state index is 5.95.